The van der Waals surface area contributed by atoms with Crippen LogP contribution in [0.2, 0.25) is 0 Å². The van der Waals surface area contributed by atoms with Crippen molar-refractivity contribution in [3.05, 3.63) is 23.3 Å². The molecule has 0 saturated carbocycles. The molecule has 0 atom stereocenters. The van der Waals surface area contributed by atoms with Crippen LogP contribution in [0.3, 0.4) is 0 Å². The number of ether oxygens (including phenoxy) is 1. The normalized spacial score (nSPS) is 13.4. The number of hydrogen-bond acceptors (Lipinski definition) is 2. The molecule has 14 heavy (non-hydrogen) atoms. The number of nitrogens with two attached hydrogens (primary N) is 1. The van der Waals surface area contributed by atoms with E-state index in [4.69, 9.17) is 10.5 Å². The van der Waals surface area contributed by atoms with Crippen molar-refractivity contribution in [2.75, 3.05) is 19.8 Å². The lowest BCUT2D eigenvalue weighted by molar-refractivity contribution is 0.171. The minimum absolute atomic E-state index is 0.729. The second-order valence-electron chi connectivity index (χ2n) is 3.37. The smallest absolute Gasteiger partial charge is 0.0676 e. The van der Waals surface area contributed by atoms with Crippen LogP contribution in [-0.2, 0) is 4.74 Å². The Hall–Kier alpha value is -0.600. The minimum atomic E-state index is 0.729. The molecule has 0 aliphatic carbocycles. The molecular formula is C12H23NO. The predicted molar refractivity (Wildman–Crippen MR) is 62.3 cm³/mol. The summed E-state index contributed by atoms with van der Waals surface area (Å²) in [6, 6.07) is 0. The molecule has 0 aliphatic heterocycles. The van der Waals surface area contributed by atoms with Gasteiger partial charge < -0.3 is 10.5 Å². The van der Waals surface area contributed by atoms with E-state index in [0.717, 1.165) is 32.6 Å². The van der Waals surface area contributed by atoms with Crippen LogP contribution in [0.25, 0.3) is 0 Å². The van der Waals surface area contributed by atoms with Crippen molar-refractivity contribution in [2.24, 2.45) is 5.73 Å². The zero-order valence-electron chi connectivity index (χ0n) is 9.68. The summed E-state index contributed by atoms with van der Waals surface area (Å²) in [6.45, 7) is 8.49. The van der Waals surface area contributed by atoms with Crippen LogP contribution in [0, 0.1) is 0 Å². The van der Waals surface area contributed by atoms with Gasteiger partial charge in [0, 0.05) is 6.61 Å². The molecule has 0 rings (SSSR count). The van der Waals surface area contributed by atoms with Crippen LogP contribution in [0.1, 0.15) is 33.6 Å². The molecule has 0 aliphatic rings. The first kappa shape index (κ1) is 13.4. The minimum Gasteiger partial charge on any atom is -0.377 e. The molecule has 0 fully saturated rings. The highest BCUT2D eigenvalue weighted by Gasteiger charge is 1.91. The van der Waals surface area contributed by atoms with E-state index >= 15 is 0 Å². The highest BCUT2D eigenvalue weighted by atomic mass is 16.5. The van der Waals surface area contributed by atoms with Gasteiger partial charge in [-0.1, -0.05) is 24.6 Å². The lowest BCUT2D eigenvalue weighted by Crippen LogP contribution is -1.99. The van der Waals surface area contributed by atoms with Crippen molar-refractivity contribution in [3.63, 3.8) is 0 Å². The van der Waals surface area contributed by atoms with Gasteiger partial charge in [0.2, 0.25) is 0 Å². The van der Waals surface area contributed by atoms with Gasteiger partial charge in [0.25, 0.3) is 0 Å². The van der Waals surface area contributed by atoms with Gasteiger partial charge in [0.1, 0.15) is 0 Å². The molecule has 0 aromatic rings. The second-order valence-corrected chi connectivity index (χ2v) is 3.37. The molecule has 0 aromatic carbocycles. The molecule has 82 valence electrons. The van der Waals surface area contributed by atoms with Crippen molar-refractivity contribution in [1.29, 1.82) is 0 Å². The summed E-state index contributed by atoms with van der Waals surface area (Å²) in [7, 11) is 0. The second kappa shape index (κ2) is 8.97. The number of allylic oxidation sites excluding steroid dienone is 2. The third kappa shape index (κ3) is 6.87. The van der Waals surface area contributed by atoms with Crippen LogP contribution >= 0.6 is 0 Å². The first-order chi connectivity index (χ1) is 6.74. The van der Waals surface area contributed by atoms with Crippen LogP contribution in [0.15, 0.2) is 23.3 Å². The van der Waals surface area contributed by atoms with Gasteiger partial charge in [-0.2, -0.15) is 0 Å². The highest BCUT2D eigenvalue weighted by molar-refractivity contribution is 5.17. The zero-order chi connectivity index (χ0) is 10.8. The first-order valence-corrected chi connectivity index (χ1v) is 5.37. The fourth-order valence-electron chi connectivity index (χ4n) is 1.13. The number of rotatable bonds is 7. The first-order valence-electron chi connectivity index (χ1n) is 5.37. The van der Waals surface area contributed by atoms with E-state index in [2.05, 4.69) is 26.0 Å². The van der Waals surface area contributed by atoms with Gasteiger partial charge in [-0.15, -0.1) is 0 Å². The topological polar surface area (TPSA) is 35.2 Å². The fourth-order valence-corrected chi connectivity index (χ4v) is 1.13. The van der Waals surface area contributed by atoms with E-state index in [1.807, 2.05) is 6.92 Å². The zero-order valence-corrected chi connectivity index (χ0v) is 9.68. The molecule has 0 amide bonds. The number of hydrogen-bond donors (Lipinski definition) is 1. The largest absolute Gasteiger partial charge is 0.377 e. The highest BCUT2D eigenvalue weighted by Crippen LogP contribution is 2.06. The molecule has 2 heteroatoms. The Morgan fingerprint density at radius 2 is 2.00 bits per heavy atom. The summed E-state index contributed by atoms with van der Waals surface area (Å²) < 4.78 is 5.30. The summed E-state index contributed by atoms with van der Waals surface area (Å²) >= 11 is 0. The molecule has 2 N–H and O–H groups in total. The van der Waals surface area contributed by atoms with Crippen molar-refractivity contribution in [1.82, 2.24) is 0 Å². The third-order valence-corrected chi connectivity index (χ3v) is 2.06. The van der Waals surface area contributed by atoms with E-state index in [1.165, 1.54) is 11.1 Å². The van der Waals surface area contributed by atoms with Crippen molar-refractivity contribution < 1.29 is 4.74 Å². The molecule has 0 unspecified atom stereocenters. The molecule has 0 aromatic heterocycles. The molecule has 0 heterocycles. The van der Waals surface area contributed by atoms with Crippen LogP contribution in [0.5, 0.6) is 0 Å². The van der Waals surface area contributed by atoms with E-state index in [-0.39, 0.29) is 0 Å². The monoisotopic (exact) mass is 197 g/mol. The molecule has 0 saturated heterocycles. The Balaban J connectivity index is 4.04. The maximum atomic E-state index is 5.51. The van der Waals surface area contributed by atoms with E-state index in [0.29, 0.717) is 0 Å². The van der Waals surface area contributed by atoms with Crippen LogP contribution < -0.4 is 5.73 Å². The van der Waals surface area contributed by atoms with E-state index in [1.54, 1.807) is 0 Å². The molecule has 2 nitrogen and oxygen atoms in total. The van der Waals surface area contributed by atoms with Crippen molar-refractivity contribution >= 4 is 0 Å². The quantitative estimate of drug-likeness (QED) is 0.637. The summed E-state index contributed by atoms with van der Waals surface area (Å²) in [5.41, 5.74) is 8.17. The van der Waals surface area contributed by atoms with Crippen molar-refractivity contribution in [2.45, 2.75) is 33.6 Å². The SMILES string of the molecule is CCOC/C(C)=C/C=C(/CC)CCN. The average Bonchev–Trinajstić information content (AvgIpc) is 2.21. The van der Waals surface area contributed by atoms with Crippen LogP contribution in [-0.4, -0.2) is 19.8 Å². The van der Waals surface area contributed by atoms with E-state index < -0.39 is 0 Å². The van der Waals surface area contributed by atoms with Gasteiger partial charge in [0.05, 0.1) is 6.61 Å². The molecule has 0 bridgehead atoms. The van der Waals surface area contributed by atoms with Gasteiger partial charge >= 0.3 is 0 Å². The Labute approximate surface area is 87.8 Å². The van der Waals surface area contributed by atoms with Gasteiger partial charge in [0.15, 0.2) is 0 Å². The third-order valence-electron chi connectivity index (χ3n) is 2.06. The van der Waals surface area contributed by atoms with Gasteiger partial charge in [-0.3, -0.25) is 0 Å². The van der Waals surface area contributed by atoms with Gasteiger partial charge in [-0.25, -0.2) is 0 Å². The Morgan fingerprint density at radius 1 is 1.29 bits per heavy atom. The molecular weight excluding hydrogens is 174 g/mol. The van der Waals surface area contributed by atoms with Crippen LogP contribution in [0.4, 0.5) is 0 Å². The van der Waals surface area contributed by atoms with Gasteiger partial charge in [-0.05, 0) is 38.8 Å². The van der Waals surface area contributed by atoms with E-state index in [9.17, 15) is 0 Å². The Bertz CT molecular complexity index is 194. The summed E-state index contributed by atoms with van der Waals surface area (Å²) in [5, 5.41) is 0. The summed E-state index contributed by atoms with van der Waals surface area (Å²) in [5.74, 6) is 0. The maximum Gasteiger partial charge on any atom is 0.0676 e. The van der Waals surface area contributed by atoms with Crippen molar-refractivity contribution in [3.8, 4) is 0 Å². The summed E-state index contributed by atoms with van der Waals surface area (Å²) in [4.78, 5) is 0. The Morgan fingerprint density at radius 3 is 2.50 bits per heavy atom. The molecule has 0 radical (unpaired) electrons. The molecule has 0 spiro atoms. The standard InChI is InChI=1S/C12H23NO/c1-4-12(8-9-13)7-6-11(3)10-14-5-2/h6-7H,4-5,8-10,13H2,1-3H3/b11-6+,12-7-. The predicted octanol–water partition coefficient (Wildman–Crippen LogP) is 2.65. The Kier molecular flexibility index (Phi) is 8.59. The average molecular weight is 197 g/mol. The fraction of sp³-hybridized carbons (Fsp3) is 0.667. The summed E-state index contributed by atoms with van der Waals surface area (Å²) in [6.07, 6.45) is 6.37. The maximum absolute atomic E-state index is 5.51. The lowest BCUT2D eigenvalue weighted by atomic mass is 10.1. The lowest BCUT2D eigenvalue weighted by Gasteiger charge is -2.02.